The molecule has 0 spiro atoms. The van der Waals surface area contributed by atoms with Crippen LogP contribution in [0.3, 0.4) is 0 Å². The van der Waals surface area contributed by atoms with Gasteiger partial charge in [0.1, 0.15) is 17.2 Å². The molecule has 6 nitrogen and oxygen atoms in total. The Bertz CT molecular complexity index is 1430. The number of aromatic hydroxyl groups is 3. The van der Waals surface area contributed by atoms with Gasteiger partial charge >= 0.3 is 8.60 Å². The second kappa shape index (κ2) is 20.1. The second-order valence-electron chi connectivity index (χ2n) is 10.3. The van der Waals surface area contributed by atoms with Gasteiger partial charge in [-0.25, -0.2) is 0 Å². The first kappa shape index (κ1) is 35.5. The molecule has 0 saturated carbocycles. The number of benzene rings is 6. The fourth-order valence-electron chi connectivity index (χ4n) is 4.34. The molecular formula is C39H39O6P. The third-order valence-electron chi connectivity index (χ3n) is 6.56. The molecule has 6 aromatic rings. The second-order valence-corrected chi connectivity index (χ2v) is 10.8. The van der Waals surface area contributed by atoms with Crippen molar-refractivity contribution in [3.05, 3.63) is 197 Å². The molecule has 0 aliphatic rings. The molecule has 0 aromatic heterocycles. The number of hydrogen-bond acceptors (Lipinski definition) is 6. The molecule has 0 saturated heterocycles. The van der Waals surface area contributed by atoms with Gasteiger partial charge in [0, 0.05) is 0 Å². The minimum absolute atomic E-state index is 0.321. The Morgan fingerprint density at radius 1 is 0.283 bits per heavy atom. The highest BCUT2D eigenvalue weighted by Gasteiger charge is 1.97. The van der Waals surface area contributed by atoms with E-state index in [1.54, 1.807) is 36.4 Å². The molecule has 6 rings (SSSR count). The summed E-state index contributed by atoms with van der Waals surface area (Å²) >= 11 is 0. The van der Waals surface area contributed by atoms with Crippen LogP contribution in [0.2, 0.25) is 0 Å². The molecule has 0 atom stereocenters. The standard InChI is InChI=1S/3C13H12O.H3O3P/c3*14-13-8-6-12(7-9-13)10-11-4-2-1-3-5-11;1-4(2)3/h3*1-9,14H,10H2;1-3H. The van der Waals surface area contributed by atoms with Crippen LogP contribution in [0.5, 0.6) is 17.2 Å². The van der Waals surface area contributed by atoms with Crippen molar-refractivity contribution >= 4 is 8.60 Å². The van der Waals surface area contributed by atoms with Crippen LogP contribution in [-0.4, -0.2) is 30.0 Å². The smallest absolute Gasteiger partial charge is 0.324 e. The summed E-state index contributed by atoms with van der Waals surface area (Å²) in [5.74, 6) is 0.963. The van der Waals surface area contributed by atoms with Crippen LogP contribution < -0.4 is 0 Å². The van der Waals surface area contributed by atoms with E-state index in [1.165, 1.54) is 33.4 Å². The molecule has 236 valence electrons. The third-order valence-corrected chi connectivity index (χ3v) is 6.56. The Balaban J connectivity index is 0.000000177. The first-order chi connectivity index (χ1) is 22.3. The molecule has 0 unspecified atom stereocenters. The van der Waals surface area contributed by atoms with E-state index in [0.29, 0.717) is 17.2 Å². The van der Waals surface area contributed by atoms with Crippen molar-refractivity contribution in [3.63, 3.8) is 0 Å². The van der Waals surface area contributed by atoms with Crippen LogP contribution in [0, 0.1) is 0 Å². The molecule has 6 aromatic carbocycles. The zero-order valence-corrected chi connectivity index (χ0v) is 26.2. The van der Waals surface area contributed by atoms with E-state index in [1.807, 2.05) is 91.0 Å². The SMILES string of the molecule is OP(O)O.Oc1ccc(Cc2ccccc2)cc1.Oc1ccc(Cc2ccccc2)cc1.Oc1ccc(Cc2ccccc2)cc1. The summed E-state index contributed by atoms with van der Waals surface area (Å²) < 4.78 is 0. The number of phenolic OH excluding ortho intramolecular Hbond substituents is 3. The molecule has 0 aliphatic carbocycles. The van der Waals surface area contributed by atoms with E-state index in [0.717, 1.165) is 19.3 Å². The largest absolute Gasteiger partial charge is 0.508 e. The highest BCUT2D eigenvalue weighted by atomic mass is 31.2. The van der Waals surface area contributed by atoms with Gasteiger partial charge in [-0.15, -0.1) is 0 Å². The van der Waals surface area contributed by atoms with E-state index in [9.17, 15) is 0 Å². The van der Waals surface area contributed by atoms with E-state index < -0.39 is 8.60 Å². The lowest BCUT2D eigenvalue weighted by molar-refractivity contribution is 0.368. The molecule has 7 heteroatoms. The van der Waals surface area contributed by atoms with E-state index in [2.05, 4.69) is 36.4 Å². The van der Waals surface area contributed by atoms with E-state index >= 15 is 0 Å². The maximum atomic E-state index is 9.12. The van der Waals surface area contributed by atoms with Gasteiger partial charge in [0.05, 0.1) is 0 Å². The van der Waals surface area contributed by atoms with Crippen molar-refractivity contribution in [2.24, 2.45) is 0 Å². The maximum absolute atomic E-state index is 9.12. The normalized spacial score (nSPS) is 9.91. The van der Waals surface area contributed by atoms with E-state index in [4.69, 9.17) is 30.0 Å². The minimum Gasteiger partial charge on any atom is -0.508 e. The topological polar surface area (TPSA) is 121 Å². The summed E-state index contributed by atoms with van der Waals surface area (Å²) in [4.78, 5) is 21.7. The van der Waals surface area contributed by atoms with Crippen LogP contribution in [-0.2, 0) is 19.3 Å². The summed E-state index contributed by atoms with van der Waals surface area (Å²) in [7, 11) is -2.62. The van der Waals surface area contributed by atoms with Gasteiger partial charge in [0.15, 0.2) is 0 Å². The molecule has 46 heavy (non-hydrogen) atoms. The van der Waals surface area contributed by atoms with Gasteiger partial charge in [0.2, 0.25) is 0 Å². The maximum Gasteiger partial charge on any atom is 0.324 e. The van der Waals surface area contributed by atoms with Crippen LogP contribution in [0.1, 0.15) is 33.4 Å². The van der Waals surface area contributed by atoms with E-state index in [-0.39, 0.29) is 0 Å². The zero-order valence-electron chi connectivity index (χ0n) is 25.3. The highest BCUT2D eigenvalue weighted by molar-refractivity contribution is 7.38. The summed E-state index contributed by atoms with van der Waals surface area (Å²) in [6.07, 6.45) is 2.75. The van der Waals surface area contributed by atoms with Crippen LogP contribution in [0.15, 0.2) is 164 Å². The Morgan fingerprint density at radius 3 is 0.652 bits per heavy atom. The lowest BCUT2D eigenvalue weighted by Crippen LogP contribution is -1.86. The monoisotopic (exact) mass is 634 g/mol. The lowest BCUT2D eigenvalue weighted by Gasteiger charge is -2.01. The summed E-state index contributed by atoms with van der Waals surface area (Å²) in [6, 6.07) is 52.9. The number of rotatable bonds is 6. The molecule has 0 fully saturated rings. The zero-order chi connectivity index (χ0) is 33.0. The predicted octanol–water partition coefficient (Wildman–Crippen LogP) is 8.14. The molecule has 6 N–H and O–H groups in total. The molecule has 0 bridgehead atoms. The Labute approximate surface area is 271 Å². The highest BCUT2D eigenvalue weighted by Crippen LogP contribution is 2.16. The summed E-state index contributed by atoms with van der Waals surface area (Å²) in [5, 5.41) is 27.4. The average molecular weight is 635 g/mol. The van der Waals surface area contributed by atoms with Gasteiger partial charge in [-0.2, -0.15) is 0 Å². The van der Waals surface area contributed by atoms with Crippen LogP contribution in [0.25, 0.3) is 0 Å². The molecule has 0 aliphatic heterocycles. The Hall–Kier alpha value is -4.97. The van der Waals surface area contributed by atoms with Crippen LogP contribution >= 0.6 is 8.60 Å². The van der Waals surface area contributed by atoms with Crippen LogP contribution in [0.4, 0.5) is 0 Å². The molecule has 0 heterocycles. The first-order valence-electron chi connectivity index (χ1n) is 14.6. The lowest BCUT2D eigenvalue weighted by atomic mass is 10.1. The van der Waals surface area contributed by atoms with Crippen molar-refractivity contribution in [1.82, 2.24) is 0 Å². The van der Waals surface area contributed by atoms with Crippen molar-refractivity contribution in [1.29, 1.82) is 0 Å². The molecule has 0 amide bonds. The fourth-order valence-corrected chi connectivity index (χ4v) is 4.34. The fraction of sp³-hybridized carbons (Fsp3) is 0.0769. The van der Waals surface area contributed by atoms with Gasteiger partial charge in [-0.05, 0) is 89.0 Å². The summed E-state index contributed by atoms with van der Waals surface area (Å²) in [6.45, 7) is 0. The van der Waals surface area contributed by atoms with Crippen molar-refractivity contribution in [2.75, 3.05) is 0 Å². The van der Waals surface area contributed by atoms with Gasteiger partial charge in [0.25, 0.3) is 0 Å². The van der Waals surface area contributed by atoms with Gasteiger partial charge in [-0.1, -0.05) is 127 Å². The molecule has 0 radical (unpaired) electrons. The van der Waals surface area contributed by atoms with Gasteiger partial charge < -0.3 is 30.0 Å². The Morgan fingerprint density at radius 2 is 0.457 bits per heavy atom. The minimum atomic E-state index is -2.62. The molecular weight excluding hydrogens is 595 g/mol. The predicted molar refractivity (Wildman–Crippen MR) is 186 cm³/mol. The third kappa shape index (κ3) is 15.2. The summed E-state index contributed by atoms with van der Waals surface area (Å²) in [5.41, 5.74) is 7.52. The quantitative estimate of drug-likeness (QED) is 0.103. The number of phenols is 3. The first-order valence-corrected chi connectivity index (χ1v) is 15.8. The Kier molecular flexibility index (Phi) is 15.5. The van der Waals surface area contributed by atoms with Crippen molar-refractivity contribution in [3.8, 4) is 17.2 Å². The average Bonchev–Trinajstić information content (AvgIpc) is 3.06. The van der Waals surface area contributed by atoms with Crippen molar-refractivity contribution in [2.45, 2.75) is 19.3 Å². The van der Waals surface area contributed by atoms with Gasteiger partial charge in [-0.3, -0.25) is 0 Å². The van der Waals surface area contributed by atoms with Crippen molar-refractivity contribution < 1.29 is 30.0 Å². The number of hydrogen-bond donors (Lipinski definition) is 6.